The van der Waals surface area contributed by atoms with Crippen LogP contribution in [0.15, 0.2) is 29.4 Å². The molecule has 0 unspecified atom stereocenters. The van der Waals surface area contributed by atoms with Crippen LogP contribution in [-0.2, 0) is 14.4 Å². The van der Waals surface area contributed by atoms with Gasteiger partial charge in [0.2, 0.25) is 11.8 Å². The molecular weight excluding hydrogens is 334 g/mol. The lowest BCUT2D eigenvalue weighted by Crippen LogP contribution is -2.33. The molecule has 1 heterocycles. The van der Waals surface area contributed by atoms with E-state index < -0.39 is 0 Å². The van der Waals surface area contributed by atoms with Crippen molar-refractivity contribution < 1.29 is 19.2 Å². The molecule has 2 aliphatic rings. The van der Waals surface area contributed by atoms with Gasteiger partial charge in [0, 0.05) is 25.3 Å². The molecule has 0 radical (unpaired) electrons. The molecule has 2 amide bonds. The van der Waals surface area contributed by atoms with Gasteiger partial charge in [0.05, 0.1) is 19.4 Å². The number of rotatable bonds is 9. The molecule has 1 aliphatic heterocycles. The maximum atomic E-state index is 11.9. The van der Waals surface area contributed by atoms with Gasteiger partial charge < -0.3 is 20.2 Å². The van der Waals surface area contributed by atoms with Crippen molar-refractivity contribution in [2.45, 2.75) is 38.2 Å². The van der Waals surface area contributed by atoms with Crippen molar-refractivity contribution in [1.29, 1.82) is 0 Å². The first-order valence-corrected chi connectivity index (χ1v) is 9.07. The van der Waals surface area contributed by atoms with Crippen LogP contribution < -0.4 is 15.4 Å². The van der Waals surface area contributed by atoms with Crippen molar-refractivity contribution in [3.05, 3.63) is 29.8 Å². The lowest BCUT2D eigenvalue weighted by atomic mass is 10.0. The number of oxime groups is 1. The van der Waals surface area contributed by atoms with Gasteiger partial charge in [-0.2, -0.15) is 0 Å². The minimum Gasteiger partial charge on any atom is -0.497 e. The molecule has 0 spiro atoms. The fourth-order valence-electron chi connectivity index (χ4n) is 2.76. The number of methoxy groups -OCH3 is 1. The molecule has 1 saturated carbocycles. The molecule has 0 aromatic heterocycles. The first-order valence-electron chi connectivity index (χ1n) is 9.07. The molecule has 1 fully saturated rings. The van der Waals surface area contributed by atoms with E-state index in [1.54, 1.807) is 7.11 Å². The van der Waals surface area contributed by atoms with Gasteiger partial charge in [-0.3, -0.25) is 9.59 Å². The van der Waals surface area contributed by atoms with Crippen LogP contribution in [-0.4, -0.2) is 43.8 Å². The minimum absolute atomic E-state index is 0.0350. The third-order valence-electron chi connectivity index (χ3n) is 4.51. The summed E-state index contributed by atoms with van der Waals surface area (Å²) in [7, 11) is 1.63. The van der Waals surface area contributed by atoms with Crippen LogP contribution in [0.3, 0.4) is 0 Å². The van der Waals surface area contributed by atoms with Crippen molar-refractivity contribution in [3.63, 3.8) is 0 Å². The SMILES string of the molecule is COc1ccc(C2=NO[C@@H](CNC(=O)CCCNC(=O)C3CC3)C2)cc1. The highest BCUT2D eigenvalue weighted by Gasteiger charge is 2.29. The third kappa shape index (κ3) is 5.21. The average molecular weight is 359 g/mol. The number of benzene rings is 1. The van der Waals surface area contributed by atoms with E-state index >= 15 is 0 Å². The Morgan fingerprint density at radius 2 is 2.00 bits per heavy atom. The van der Waals surface area contributed by atoms with E-state index in [9.17, 15) is 9.59 Å². The highest BCUT2D eigenvalue weighted by molar-refractivity contribution is 6.01. The van der Waals surface area contributed by atoms with Gasteiger partial charge in [-0.1, -0.05) is 5.16 Å². The number of carbonyl (C=O) groups excluding carboxylic acids is 2. The van der Waals surface area contributed by atoms with E-state index in [4.69, 9.17) is 9.57 Å². The monoisotopic (exact) mass is 359 g/mol. The lowest BCUT2D eigenvalue weighted by molar-refractivity contribution is -0.123. The van der Waals surface area contributed by atoms with Gasteiger partial charge in [-0.15, -0.1) is 0 Å². The third-order valence-corrected chi connectivity index (χ3v) is 4.51. The van der Waals surface area contributed by atoms with Gasteiger partial charge in [-0.25, -0.2) is 0 Å². The van der Waals surface area contributed by atoms with E-state index in [-0.39, 0.29) is 23.8 Å². The van der Waals surface area contributed by atoms with Gasteiger partial charge in [-0.05, 0) is 49.1 Å². The molecule has 0 bridgehead atoms. The van der Waals surface area contributed by atoms with Crippen LogP contribution >= 0.6 is 0 Å². The predicted molar refractivity (Wildman–Crippen MR) is 97.0 cm³/mol. The number of ether oxygens (including phenoxy) is 1. The van der Waals surface area contributed by atoms with E-state index in [0.29, 0.717) is 32.4 Å². The Morgan fingerprint density at radius 3 is 2.69 bits per heavy atom. The summed E-state index contributed by atoms with van der Waals surface area (Å²) >= 11 is 0. The molecule has 1 aromatic rings. The lowest BCUT2D eigenvalue weighted by Gasteiger charge is -2.10. The van der Waals surface area contributed by atoms with Crippen LogP contribution in [0.4, 0.5) is 0 Å². The fraction of sp³-hybridized carbons (Fsp3) is 0.526. The standard InChI is InChI=1S/C19H25N3O4/c1-25-15-8-6-13(7-9-15)17-11-16(26-22-17)12-21-18(23)3-2-10-20-19(24)14-4-5-14/h6-9,14,16H,2-5,10-12H2,1H3,(H,20,24)(H,21,23)/t16-/m1/s1. The molecule has 1 atom stereocenters. The van der Waals surface area contributed by atoms with Crippen LogP contribution in [0.25, 0.3) is 0 Å². The summed E-state index contributed by atoms with van der Waals surface area (Å²) in [6, 6.07) is 7.65. The summed E-state index contributed by atoms with van der Waals surface area (Å²) in [5, 5.41) is 9.84. The highest BCUT2D eigenvalue weighted by atomic mass is 16.6. The normalized spacial score (nSPS) is 18.7. The van der Waals surface area contributed by atoms with Gasteiger partial charge >= 0.3 is 0 Å². The molecule has 0 saturated heterocycles. The van der Waals surface area contributed by atoms with Crippen molar-refractivity contribution in [2.24, 2.45) is 11.1 Å². The number of carbonyl (C=O) groups is 2. The second-order valence-electron chi connectivity index (χ2n) is 6.67. The smallest absolute Gasteiger partial charge is 0.223 e. The van der Waals surface area contributed by atoms with Crippen LogP contribution in [0, 0.1) is 5.92 Å². The van der Waals surface area contributed by atoms with Crippen LogP contribution in [0.2, 0.25) is 0 Å². The molecule has 1 aromatic carbocycles. The molecular formula is C19H25N3O4. The summed E-state index contributed by atoms with van der Waals surface area (Å²) < 4.78 is 5.14. The van der Waals surface area contributed by atoms with Gasteiger partial charge in [0.15, 0.2) is 0 Å². The topological polar surface area (TPSA) is 89.0 Å². The fourth-order valence-corrected chi connectivity index (χ4v) is 2.76. The Bertz CT molecular complexity index is 668. The Balaban J connectivity index is 1.30. The Labute approximate surface area is 153 Å². The van der Waals surface area contributed by atoms with Crippen molar-refractivity contribution in [1.82, 2.24) is 10.6 Å². The van der Waals surface area contributed by atoms with E-state index in [1.165, 1.54) is 0 Å². The van der Waals surface area contributed by atoms with E-state index in [2.05, 4.69) is 15.8 Å². The zero-order valence-electron chi connectivity index (χ0n) is 15.0. The summed E-state index contributed by atoms with van der Waals surface area (Å²) in [5.74, 6) is 1.09. The summed E-state index contributed by atoms with van der Waals surface area (Å²) in [6.07, 6.45) is 3.53. The maximum Gasteiger partial charge on any atom is 0.223 e. The molecule has 2 N–H and O–H groups in total. The molecule has 3 rings (SSSR count). The second-order valence-corrected chi connectivity index (χ2v) is 6.67. The highest BCUT2D eigenvalue weighted by Crippen LogP contribution is 2.28. The van der Waals surface area contributed by atoms with E-state index in [0.717, 1.165) is 29.9 Å². The summed E-state index contributed by atoms with van der Waals surface area (Å²) in [6.45, 7) is 0.976. The number of hydrogen-bond donors (Lipinski definition) is 2. The molecule has 26 heavy (non-hydrogen) atoms. The Morgan fingerprint density at radius 1 is 1.23 bits per heavy atom. The predicted octanol–water partition coefficient (Wildman–Crippen LogP) is 1.61. The largest absolute Gasteiger partial charge is 0.497 e. The van der Waals surface area contributed by atoms with Crippen molar-refractivity contribution in [3.8, 4) is 5.75 Å². The minimum atomic E-state index is -0.148. The zero-order valence-corrected chi connectivity index (χ0v) is 15.0. The van der Waals surface area contributed by atoms with Crippen molar-refractivity contribution >= 4 is 17.5 Å². The first kappa shape index (κ1) is 18.2. The number of nitrogens with zero attached hydrogens (tertiary/aromatic N) is 1. The zero-order chi connectivity index (χ0) is 18.4. The summed E-state index contributed by atoms with van der Waals surface area (Å²) in [4.78, 5) is 28.8. The molecule has 140 valence electrons. The van der Waals surface area contributed by atoms with Gasteiger partial charge in [0.25, 0.3) is 0 Å². The number of amides is 2. The van der Waals surface area contributed by atoms with Gasteiger partial charge in [0.1, 0.15) is 11.9 Å². The van der Waals surface area contributed by atoms with Crippen molar-refractivity contribution in [2.75, 3.05) is 20.2 Å². The molecule has 7 heteroatoms. The quantitative estimate of drug-likeness (QED) is 0.656. The Hall–Kier alpha value is -2.57. The van der Waals surface area contributed by atoms with Crippen LogP contribution in [0.5, 0.6) is 5.75 Å². The van der Waals surface area contributed by atoms with E-state index in [1.807, 2.05) is 24.3 Å². The summed E-state index contributed by atoms with van der Waals surface area (Å²) in [5.41, 5.74) is 1.86. The first-order chi connectivity index (χ1) is 12.7. The molecule has 1 aliphatic carbocycles. The number of hydrogen-bond acceptors (Lipinski definition) is 5. The van der Waals surface area contributed by atoms with Crippen LogP contribution in [0.1, 0.15) is 37.7 Å². The number of nitrogens with one attached hydrogen (secondary N) is 2. The maximum absolute atomic E-state index is 11.9. The Kier molecular flexibility index (Phi) is 6.09. The second kappa shape index (κ2) is 8.69. The molecule has 7 nitrogen and oxygen atoms in total. The average Bonchev–Trinajstić information content (AvgIpc) is 3.42.